The molecule has 0 aromatic heterocycles. The van der Waals surface area contributed by atoms with Crippen LogP contribution in [-0.4, -0.2) is 70.9 Å². The maximum atomic E-state index is 13.0. The minimum absolute atomic E-state index is 0.129. The van der Waals surface area contributed by atoms with E-state index in [1.807, 2.05) is 36.6 Å². The molecule has 4 amide bonds. The van der Waals surface area contributed by atoms with Crippen LogP contribution in [0.5, 0.6) is 0 Å². The van der Waals surface area contributed by atoms with Gasteiger partial charge < -0.3 is 32.5 Å². The summed E-state index contributed by atoms with van der Waals surface area (Å²) in [6, 6.07) is 4.89. The van der Waals surface area contributed by atoms with Gasteiger partial charge in [-0.1, -0.05) is 30.3 Å². The fourth-order valence-electron chi connectivity index (χ4n) is 2.95. The van der Waals surface area contributed by atoms with E-state index < -0.39 is 53.8 Å². The lowest BCUT2D eigenvalue weighted by atomic mass is 10.0. The molecule has 0 bridgehead atoms. The molecule has 0 aliphatic rings. The highest BCUT2D eigenvalue weighted by molar-refractivity contribution is 7.98. The molecule has 34 heavy (non-hydrogen) atoms. The van der Waals surface area contributed by atoms with Crippen LogP contribution in [0.4, 0.5) is 0 Å². The highest BCUT2D eigenvalue weighted by Crippen LogP contribution is 2.06. The lowest BCUT2D eigenvalue weighted by Crippen LogP contribution is -2.57. The van der Waals surface area contributed by atoms with Gasteiger partial charge in [-0.2, -0.15) is 11.8 Å². The molecule has 0 radical (unpaired) electrons. The number of carboxylic acids is 1. The van der Waals surface area contributed by atoms with Crippen molar-refractivity contribution in [2.45, 2.75) is 56.8 Å². The standard InChI is InChI=1S/C22H33N5O6S/c1-13(22(32)33)25-20(30)16(8-9-18(24)28)27-21(31)17(10-11-34-2)26-19(29)15(23)12-14-6-4-3-5-7-14/h3-7,13,15-17H,8-12,23H2,1-2H3,(H2,24,28)(H,25,30)(H,26,29)(H,27,31)(H,32,33). The van der Waals surface area contributed by atoms with E-state index in [9.17, 15) is 24.0 Å². The number of carboxylic acid groups (broad SMARTS) is 1. The summed E-state index contributed by atoms with van der Waals surface area (Å²) < 4.78 is 0. The fourth-order valence-corrected chi connectivity index (χ4v) is 3.42. The van der Waals surface area contributed by atoms with E-state index in [1.165, 1.54) is 18.7 Å². The van der Waals surface area contributed by atoms with Gasteiger partial charge in [-0.3, -0.25) is 24.0 Å². The van der Waals surface area contributed by atoms with Gasteiger partial charge in [0.1, 0.15) is 18.1 Å². The number of benzene rings is 1. The summed E-state index contributed by atoms with van der Waals surface area (Å²) >= 11 is 1.47. The Hall–Kier alpha value is -3.12. The minimum atomic E-state index is -1.26. The third-order valence-corrected chi connectivity index (χ3v) is 5.56. The number of hydrogen-bond donors (Lipinski definition) is 6. The Kier molecular flexibility index (Phi) is 12.7. The Morgan fingerprint density at radius 2 is 1.50 bits per heavy atom. The predicted octanol–water partition coefficient (Wildman–Crippen LogP) is -0.866. The molecule has 12 heteroatoms. The number of nitrogens with two attached hydrogens (primary N) is 2. The normalized spacial score (nSPS) is 14.2. The first kappa shape index (κ1) is 28.9. The molecule has 1 aromatic carbocycles. The van der Waals surface area contributed by atoms with Gasteiger partial charge >= 0.3 is 5.97 Å². The van der Waals surface area contributed by atoms with Crippen molar-refractivity contribution in [2.24, 2.45) is 11.5 Å². The summed E-state index contributed by atoms with van der Waals surface area (Å²) in [7, 11) is 0. The van der Waals surface area contributed by atoms with Crippen LogP contribution in [0.1, 0.15) is 31.7 Å². The molecule has 4 unspecified atom stereocenters. The first-order chi connectivity index (χ1) is 16.0. The Balaban J connectivity index is 2.90. The Bertz CT molecular complexity index is 853. The molecule has 0 saturated heterocycles. The van der Waals surface area contributed by atoms with Crippen molar-refractivity contribution in [3.63, 3.8) is 0 Å². The Morgan fingerprint density at radius 3 is 2.06 bits per heavy atom. The van der Waals surface area contributed by atoms with Crippen molar-refractivity contribution in [1.29, 1.82) is 0 Å². The summed E-state index contributed by atoms with van der Waals surface area (Å²) in [6.07, 6.45) is 2.06. The smallest absolute Gasteiger partial charge is 0.325 e. The third kappa shape index (κ3) is 10.7. The zero-order valence-corrected chi connectivity index (χ0v) is 20.1. The molecular formula is C22H33N5O6S. The van der Waals surface area contributed by atoms with Crippen LogP contribution >= 0.6 is 11.8 Å². The molecule has 0 saturated carbocycles. The van der Waals surface area contributed by atoms with Crippen molar-refractivity contribution in [1.82, 2.24) is 16.0 Å². The van der Waals surface area contributed by atoms with E-state index >= 15 is 0 Å². The maximum Gasteiger partial charge on any atom is 0.325 e. The number of aliphatic carboxylic acids is 1. The van der Waals surface area contributed by atoms with Gasteiger partial charge in [-0.25, -0.2) is 0 Å². The van der Waals surface area contributed by atoms with Crippen LogP contribution in [-0.2, 0) is 30.4 Å². The number of carbonyl (C=O) groups is 5. The van der Waals surface area contributed by atoms with E-state index in [0.29, 0.717) is 5.75 Å². The van der Waals surface area contributed by atoms with Crippen molar-refractivity contribution in [3.8, 4) is 0 Å². The van der Waals surface area contributed by atoms with Crippen molar-refractivity contribution >= 4 is 41.4 Å². The molecule has 4 atom stereocenters. The van der Waals surface area contributed by atoms with Crippen LogP contribution in [0.15, 0.2) is 30.3 Å². The number of hydrogen-bond acceptors (Lipinski definition) is 7. The van der Waals surface area contributed by atoms with Gasteiger partial charge in [0.05, 0.1) is 6.04 Å². The zero-order chi connectivity index (χ0) is 25.7. The van der Waals surface area contributed by atoms with Crippen molar-refractivity contribution < 1.29 is 29.1 Å². The summed E-state index contributed by atoms with van der Waals surface area (Å²) in [5, 5.41) is 16.4. The van der Waals surface area contributed by atoms with Gasteiger partial charge in [0, 0.05) is 6.42 Å². The molecule has 1 rings (SSSR count). The Labute approximate surface area is 202 Å². The van der Waals surface area contributed by atoms with E-state index in [1.54, 1.807) is 0 Å². The molecule has 0 fully saturated rings. The van der Waals surface area contributed by atoms with Gasteiger partial charge in [0.2, 0.25) is 23.6 Å². The summed E-state index contributed by atoms with van der Waals surface area (Å²) in [6.45, 7) is 1.27. The number of amides is 4. The van der Waals surface area contributed by atoms with Gasteiger partial charge in [-0.05, 0) is 43.8 Å². The predicted molar refractivity (Wildman–Crippen MR) is 129 cm³/mol. The van der Waals surface area contributed by atoms with E-state index in [4.69, 9.17) is 16.6 Å². The second-order valence-corrected chi connectivity index (χ2v) is 8.76. The second kappa shape index (κ2) is 14.9. The Morgan fingerprint density at radius 1 is 0.941 bits per heavy atom. The average Bonchev–Trinajstić information content (AvgIpc) is 2.79. The molecule has 11 nitrogen and oxygen atoms in total. The molecular weight excluding hydrogens is 462 g/mol. The average molecular weight is 496 g/mol. The highest BCUT2D eigenvalue weighted by atomic mass is 32.2. The van der Waals surface area contributed by atoms with Gasteiger partial charge in [0.15, 0.2) is 0 Å². The first-order valence-electron chi connectivity index (χ1n) is 10.8. The second-order valence-electron chi connectivity index (χ2n) is 7.77. The van der Waals surface area contributed by atoms with Crippen LogP contribution in [0.3, 0.4) is 0 Å². The van der Waals surface area contributed by atoms with Crippen LogP contribution in [0, 0.1) is 0 Å². The summed E-state index contributed by atoms with van der Waals surface area (Å²) in [5.74, 6) is -3.35. The molecule has 0 aliphatic carbocycles. The SMILES string of the molecule is CSCCC(NC(=O)C(N)Cc1ccccc1)C(=O)NC(CCC(N)=O)C(=O)NC(C)C(=O)O. The van der Waals surface area contributed by atoms with Crippen LogP contribution in [0.2, 0.25) is 0 Å². The van der Waals surface area contributed by atoms with Crippen LogP contribution < -0.4 is 27.4 Å². The number of primary amides is 1. The third-order valence-electron chi connectivity index (χ3n) is 4.92. The first-order valence-corrected chi connectivity index (χ1v) is 12.1. The largest absolute Gasteiger partial charge is 0.480 e. The quantitative estimate of drug-likeness (QED) is 0.181. The van der Waals surface area contributed by atoms with E-state index in [0.717, 1.165) is 5.56 Å². The lowest BCUT2D eigenvalue weighted by molar-refractivity contribution is -0.142. The summed E-state index contributed by atoms with van der Waals surface area (Å²) in [4.78, 5) is 60.4. The molecule has 8 N–H and O–H groups in total. The topological polar surface area (TPSA) is 194 Å². The highest BCUT2D eigenvalue weighted by Gasteiger charge is 2.29. The van der Waals surface area contributed by atoms with E-state index in [-0.39, 0.29) is 25.7 Å². The zero-order valence-electron chi connectivity index (χ0n) is 19.3. The van der Waals surface area contributed by atoms with Gasteiger partial charge in [0.25, 0.3) is 0 Å². The van der Waals surface area contributed by atoms with Gasteiger partial charge in [-0.15, -0.1) is 0 Å². The fraction of sp³-hybridized carbons (Fsp3) is 0.500. The summed E-state index contributed by atoms with van der Waals surface area (Å²) in [5.41, 5.74) is 12.0. The molecule has 0 spiro atoms. The maximum absolute atomic E-state index is 13.0. The molecule has 1 aromatic rings. The van der Waals surface area contributed by atoms with E-state index in [2.05, 4.69) is 16.0 Å². The minimum Gasteiger partial charge on any atom is -0.480 e. The number of thioether (sulfide) groups is 1. The number of rotatable bonds is 15. The molecule has 0 aliphatic heterocycles. The van der Waals surface area contributed by atoms with Crippen LogP contribution in [0.25, 0.3) is 0 Å². The van der Waals surface area contributed by atoms with Crippen molar-refractivity contribution in [3.05, 3.63) is 35.9 Å². The monoisotopic (exact) mass is 495 g/mol. The lowest BCUT2D eigenvalue weighted by Gasteiger charge is -2.24. The van der Waals surface area contributed by atoms with Crippen molar-refractivity contribution in [2.75, 3.05) is 12.0 Å². The molecule has 188 valence electrons. The molecule has 0 heterocycles. The number of nitrogens with one attached hydrogen (secondary N) is 3. The number of carbonyl (C=O) groups excluding carboxylic acids is 4.